The van der Waals surface area contributed by atoms with Gasteiger partial charge in [0.25, 0.3) is 5.56 Å². The molecule has 26 heavy (non-hydrogen) atoms. The number of nitrogens with zero attached hydrogens (tertiary/aromatic N) is 2. The van der Waals surface area contributed by atoms with Crippen molar-refractivity contribution >= 4 is 28.4 Å². The molecule has 6 heteroatoms. The van der Waals surface area contributed by atoms with Crippen molar-refractivity contribution in [2.45, 2.75) is 32.4 Å². The number of aryl methyl sites for hydroxylation is 1. The molecule has 1 aromatic heterocycles. The third-order valence-corrected chi connectivity index (χ3v) is 4.45. The summed E-state index contributed by atoms with van der Waals surface area (Å²) in [5.74, 6) is -0.212. The third kappa shape index (κ3) is 4.49. The van der Waals surface area contributed by atoms with E-state index in [2.05, 4.69) is 22.4 Å². The first kappa shape index (κ1) is 18.1. The highest BCUT2D eigenvalue weighted by molar-refractivity contribution is 6.31. The van der Waals surface area contributed by atoms with Crippen molar-refractivity contribution < 1.29 is 4.79 Å². The second kappa shape index (κ2) is 8.15. The number of fused-ring (bicyclic) bond motifs is 1. The number of rotatable bonds is 6. The van der Waals surface area contributed by atoms with Gasteiger partial charge in [-0.15, -0.1) is 0 Å². The summed E-state index contributed by atoms with van der Waals surface area (Å²) in [5, 5.41) is 3.81. The summed E-state index contributed by atoms with van der Waals surface area (Å²) < 4.78 is 1.30. The van der Waals surface area contributed by atoms with Crippen molar-refractivity contribution in [1.82, 2.24) is 14.9 Å². The van der Waals surface area contributed by atoms with Gasteiger partial charge in [0.15, 0.2) is 0 Å². The summed E-state index contributed by atoms with van der Waals surface area (Å²) in [7, 11) is 0. The van der Waals surface area contributed by atoms with Crippen LogP contribution in [0.4, 0.5) is 0 Å². The lowest BCUT2D eigenvalue weighted by atomic mass is 10.1. The lowest BCUT2D eigenvalue weighted by Gasteiger charge is -2.14. The van der Waals surface area contributed by atoms with Crippen molar-refractivity contribution in [3.63, 3.8) is 0 Å². The number of amides is 1. The van der Waals surface area contributed by atoms with Crippen LogP contribution in [-0.4, -0.2) is 21.5 Å². The summed E-state index contributed by atoms with van der Waals surface area (Å²) in [4.78, 5) is 29.0. The molecule has 134 valence electrons. The average Bonchev–Trinajstić information content (AvgIpc) is 2.63. The molecule has 1 atom stereocenters. The van der Waals surface area contributed by atoms with E-state index in [4.69, 9.17) is 11.6 Å². The van der Waals surface area contributed by atoms with Gasteiger partial charge >= 0.3 is 0 Å². The maximum Gasteiger partial charge on any atom is 0.261 e. The van der Waals surface area contributed by atoms with E-state index >= 15 is 0 Å². The molecule has 0 saturated carbocycles. The molecule has 0 aliphatic heterocycles. The van der Waals surface area contributed by atoms with E-state index in [-0.39, 0.29) is 24.1 Å². The van der Waals surface area contributed by atoms with E-state index in [0.717, 1.165) is 12.8 Å². The van der Waals surface area contributed by atoms with Crippen LogP contribution in [0.3, 0.4) is 0 Å². The third-order valence-electron chi connectivity index (χ3n) is 4.22. The summed E-state index contributed by atoms with van der Waals surface area (Å²) in [6.07, 6.45) is 3.11. The molecule has 0 fully saturated rings. The Morgan fingerprint density at radius 2 is 2.00 bits per heavy atom. The SMILES string of the molecule is C[C@H](CCc1ccccc1)NC(=O)Cn1cnc2ccc(Cl)cc2c1=O. The highest BCUT2D eigenvalue weighted by Gasteiger charge is 2.11. The molecule has 3 aromatic rings. The number of aromatic nitrogens is 2. The van der Waals surface area contributed by atoms with Crippen molar-refractivity contribution in [3.05, 3.63) is 75.8 Å². The molecular weight excluding hydrogens is 350 g/mol. The van der Waals surface area contributed by atoms with Crippen LogP contribution in [-0.2, 0) is 17.8 Å². The fraction of sp³-hybridized carbons (Fsp3) is 0.250. The summed E-state index contributed by atoms with van der Waals surface area (Å²) in [6.45, 7) is 1.89. The molecule has 0 unspecified atom stereocenters. The molecule has 1 N–H and O–H groups in total. The van der Waals surface area contributed by atoms with Gasteiger partial charge in [0, 0.05) is 11.1 Å². The Kier molecular flexibility index (Phi) is 5.68. The Labute approximate surface area is 156 Å². The molecule has 0 saturated heterocycles. The number of hydrogen-bond donors (Lipinski definition) is 1. The number of carbonyl (C=O) groups is 1. The number of nitrogens with one attached hydrogen (secondary N) is 1. The predicted octanol–water partition coefficient (Wildman–Crippen LogP) is 3.19. The highest BCUT2D eigenvalue weighted by atomic mass is 35.5. The van der Waals surface area contributed by atoms with Crippen LogP contribution in [0, 0.1) is 0 Å². The molecule has 0 radical (unpaired) electrons. The average molecular weight is 370 g/mol. The molecule has 0 spiro atoms. The van der Waals surface area contributed by atoms with Crippen LogP contribution >= 0.6 is 11.6 Å². The molecular formula is C20H20ClN3O2. The first-order valence-electron chi connectivity index (χ1n) is 8.51. The first-order valence-corrected chi connectivity index (χ1v) is 8.89. The normalized spacial score (nSPS) is 12.1. The highest BCUT2D eigenvalue weighted by Crippen LogP contribution is 2.14. The van der Waals surface area contributed by atoms with Crippen molar-refractivity contribution in [1.29, 1.82) is 0 Å². The monoisotopic (exact) mass is 369 g/mol. The van der Waals surface area contributed by atoms with Gasteiger partial charge in [-0.05, 0) is 43.5 Å². The van der Waals surface area contributed by atoms with Crippen LogP contribution < -0.4 is 10.9 Å². The van der Waals surface area contributed by atoms with Crippen LogP contribution in [0.5, 0.6) is 0 Å². The van der Waals surface area contributed by atoms with Crippen molar-refractivity contribution in [3.8, 4) is 0 Å². The van der Waals surface area contributed by atoms with Gasteiger partial charge < -0.3 is 5.32 Å². The second-order valence-electron chi connectivity index (χ2n) is 6.33. The smallest absolute Gasteiger partial charge is 0.261 e. The van der Waals surface area contributed by atoms with Crippen molar-refractivity contribution in [2.75, 3.05) is 0 Å². The van der Waals surface area contributed by atoms with Gasteiger partial charge in [-0.25, -0.2) is 4.98 Å². The minimum Gasteiger partial charge on any atom is -0.352 e. The number of benzene rings is 2. The van der Waals surface area contributed by atoms with E-state index in [9.17, 15) is 9.59 Å². The zero-order valence-corrected chi connectivity index (χ0v) is 15.2. The van der Waals surface area contributed by atoms with Crippen LogP contribution in [0.1, 0.15) is 18.9 Å². The van der Waals surface area contributed by atoms with Crippen LogP contribution in [0.2, 0.25) is 5.02 Å². The van der Waals surface area contributed by atoms with Gasteiger partial charge in [-0.2, -0.15) is 0 Å². The maximum absolute atomic E-state index is 12.5. The Morgan fingerprint density at radius 1 is 1.23 bits per heavy atom. The van der Waals surface area contributed by atoms with Crippen LogP contribution in [0.15, 0.2) is 59.7 Å². The molecule has 0 bridgehead atoms. The van der Waals surface area contributed by atoms with E-state index in [0.29, 0.717) is 15.9 Å². The quantitative estimate of drug-likeness (QED) is 0.725. The summed E-state index contributed by atoms with van der Waals surface area (Å²) in [5.41, 5.74) is 1.53. The van der Waals surface area contributed by atoms with E-state index in [1.165, 1.54) is 16.5 Å². The summed E-state index contributed by atoms with van der Waals surface area (Å²) in [6, 6.07) is 15.1. The first-order chi connectivity index (χ1) is 12.5. The van der Waals surface area contributed by atoms with Crippen molar-refractivity contribution in [2.24, 2.45) is 0 Å². The lowest BCUT2D eigenvalue weighted by Crippen LogP contribution is -2.37. The minimum absolute atomic E-state index is 0.0151. The molecule has 2 aromatic carbocycles. The van der Waals surface area contributed by atoms with E-state index in [1.807, 2.05) is 25.1 Å². The molecule has 5 nitrogen and oxygen atoms in total. The van der Waals surface area contributed by atoms with Crippen LogP contribution in [0.25, 0.3) is 10.9 Å². The number of hydrogen-bond acceptors (Lipinski definition) is 3. The Bertz CT molecular complexity index is 970. The number of halogens is 1. The number of carbonyl (C=O) groups excluding carboxylic acids is 1. The van der Waals surface area contributed by atoms with Gasteiger partial charge in [0.1, 0.15) is 6.54 Å². The standard InChI is InChI=1S/C20H20ClN3O2/c1-14(7-8-15-5-3-2-4-6-15)23-19(25)12-24-13-22-18-10-9-16(21)11-17(18)20(24)26/h2-6,9-11,13-14H,7-8,12H2,1H3,(H,23,25)/t14-/m1/s1. The second-order valence-corrected chi connectivity index (χ2v) is 6.77. The fourth-order valence-electron chi connectivity index (χ4n) is 2.82. The zero-order chi connectivity index (χ0) is 18.5. The van der Waals surface area contributed by atoms with E-state index < -0.39 is 0 Å². The molecule has 1 heterocycles. The summed E-state index contributed by atoms with van der Waals surface area (Å²) >= 11 is 5.95. The molecule has 0 aliphatic carbocycles. The molecule has 0 aliphatic rings. The Morgan fingerprint density at radius 3 is 2.77 bits per heavy atom. The molecule has 1 amide bonds. The topological polar surface area (TPSA) is 64.0 Å². The van der Waals surface area contributed by atoms with Gasteiger partial charge in [-0.3, -0.25) is 14.2 Å². The van der Waals surface area contributed by atoms with Gasteiger partial charge in [0.05, 0.1) is 17.2 Å². The largest absolute Gasteiger partial charge is 0.352 e. The van der Waals surface area contributed by atoms with Gasteiger partial charge in [0.2, 0.25) is 5.91 Å². The fourth-order valence-corrected chi connectivity index (χ4v) is 2.99. The zero-order valence-electron chi connectivity index (χ0n) is 14.5. The minimum atomic E-state index is -0.274. The lowest BCUT2D eigenvalue weighted by molar-refractivity contribution is -0.122. The van der Waals surface area contributed by atoms with Gasteiger partial charge in [-0.1, -0.05) is 41.9 Å². The molecule has 3 rings (SSSR count). The predicted molar refractivity (Wildman–Crippen MR) is 103 cm³/mol. The Hall–Kier alpha value is -2.66. The maximum atomic E-state index is 12.5. The van der Waals surface area contributed by atoms with E-state index in [1.54, 1.807) is 18.2 Å². The Balaban J connectivity index is 1.62.